The highest BCUT2D eigenvalue weighted by Crippen LogP contribution is 2.24. The van der Waals surface area contributed by atoms with Gasteiger partial charge in [0.2, 0.25) is 0 Å². The second-order valence-electron chi connectivity index (χ2n) is 8.52. The first kappa shape index (κ1) is 20.5. The molecule has 1 atom stereocenters. The van der Waals surface area contributed by atoms with E-state index < -0.39 is 15.4 Å². The molecule has 0 radical (unpaired) electrons. The van der Waals surface area contributed by atoms with Crippen LogP contribution in [-0.4, -0.2) is 74.1 Å². The van der Waals surface area contributed by atoms with E-state index in [1.54, 1.807) is 6.92 Å². The fraction of sp³-hybridized carbons (Fsp3) is 0.944. The number of likely N-dealkylation sites (tertiary alicyclic amines) is 2. The molecule has 0 spiro atoms. The fourth-order valence-corrected chi connectivity index (χ4v) is 4.94. The molecule has 0 unspecified atom stereocenters. The van der Waals surface area contributed by atoms with Crippen LogP contribution in [-0.2, 0) is 14.6 Å². The van der Waals surface area contributed by atoms with Gasteiger partial charge < -0.3 is 14.5 Å². The lowest BCUT2D eigenvalue weighted by molar-refractivity contribution is 0.0284. The van der Waals surface area contributed by atoms with Crippen LogP contribution in [0.15, 0.2) is 0 Å². The van der Waals surface area contributed by atoms with E-state index >= 15 is 0 Å². The summed E-state index contributed by atoms with van der Waals surface area (Å²) in [5.41, 5.74) is -0.449. The first-order valence-corrected chi connectivity index (χ1v) is 11.3. The molecule has 0 aromatic carbocycles. The summed E-state index contributed by atoms with van der Waals surface area (Å²) in [5, 5.41) is 0. The molecular weight excluding hydrogens is 340 g/mol. The number of hydrogen-bond donors (Lipinski definition) is 0. The van der Waals surface area contributed by atoms with Crippen LogP contribution in [0.3, 0.4) is 0 Å². The Morgan fingerprint density at radius 3 is 2.24 bits per heavy atom. The summed E-state index contributed by atoms with van der Waals surface area (Å²) in [7, 11) is -2.87. The summed E-state index contributed by atoms with van der Waals surface area (Å²) in [6.07, 6.45) is 2.73. The Labute approximate surface area is 152 Å². The standard InChI is InChI=1S/C18H34N2O4S/c1-5-25(22,23)14-15-6-9-19(10-7-15)12-16-8-11-20(13-16)17(21)24-18(2,3)4/h15-16H,5-14H2,1-4H3/t16-/m0/s1. The number of hydrogen-bond acceptors (Lipinski definition) is 5. The molecule has 0 aliphatic carbocycles. The van der Waals surface area contributed by atoms with Gasteiger partial charge >= 0.3 is 6.09 Å². The van der Waals surface area contributed by atoms with Crippen LogP contribution in [0.2, 0.25) is 0 Å². The molecule has 7 heteroatoms. The lowest BCUT2D eigenvalue weighted by Crippen LogP contribution is -2.40. The van der Waals surface area contributed by atoms with Gasteiger partial charge in [-0.05, 0) is 65.0 Å². The van der Waals surface area contributed by atoms with Gasteiger partial charge in [-0.1, -0.05) is 6.92 Å². The van der Waals surface area contributed by atoms with Crippen LogP contribution in [0.5, 0.6) is 0 Å². The molecule has 2 heterocycles. The van der Waals surface area contributed by atoms with Crippen LogP contribution >= 0.6 is 0 Å². The quantitative estimate of drug-likeness (QED) is 0.739. The number of amides is 1. The number of piperidine rings is 1. The zero-order chi connectivity index (χ0) is 18.7. The molecule has 1 amide bonds. The molecule has 6 nitrogen and oxygen atoms in total. The van der Waals surface area contributed by atoms with Crippen LogP contribution in [0.4, 0.5) is 4.79 Å². The van der Waals surface area contributed by atoms with E-state index in [1.165, 1.54) is 0 Å². The van der Waals surface area contributed by atoms with Crippen molar-refractivity contribution in [2.75, 3.05) is 44.2 Å². The van der Waals surface area contributed by atoms with E-state index in [9.17, 15) is 13.2 Å². The highest BCUT2D eigenvalue weighted by atomic mass is 32.2. The highest BCUT2D eigenvalue weighted by Gasteiger charge is 2.32. The van der Waals surface area contributed by atoms with E-state index in [0.717, 1.165) is 52.0 Å². The predicted octanol–water partition coefficient (Wildman–Crippen LogP) is 2.39. The molecule has 2 rings (SSSR count). The van der Waals surface area contributed by atoms with Crippen LogP contribution in [0, 0.1) is 11.8 Å². The van der Waals surface area contributed by atoms with Crippen molar-refractivity contribution < 1.29 is 17.9 Å². The number of carbonyl (C=O) groups excluding carboxylic acids is 1. The minimum Gasteiger partial charge on any atom is -0.444 e. The minimum absolute atomic E-state index is 0.210. The Balaban J connectivity index is 1.72. The summed E-state index contributed by atoms with van der Waals surface area (Å²) >= 11 is 0. The first-order valence-electron chi connectivity index (χ1n) is 9.48. The van der Waals surface area contributed by atoms with Crippen LogP contribution < -0.4 is 0 Å². The number of rotatable bonds is 5. The van der Waals surface area contributed by atoms with Crippen molar-refractivity contribution in [3.8, 4) is 0 Å². The third kappa shape index (κ3) is 6.77. The SMILES string of the molecule is CCS(=O)(=O)CC1CCN(C[C@@H]2CCN(C(=O)OC(C)(C)C)C2)CC1. The molecular formula is C18H34N2O4S. The largest absolute Gasteiger partial charge is 0.444 e. The van der Waals surface area contributed by atoms with Crippen molar-refractivity contribution >= 4 is 15.9 Å². The number of carbonyl (C=O) groups is 1. The van der Waals surface area contributed by atoms with Gasteiger partial charge in [0.1, 0.15) is 15.4 Å². The highest BCUT2D eigenvalue weighted by molar-refractivity contribution is 7.91. The average molecular weight is 375 g/mol. The smallest absolute Gasteiger partial charge is 0.410 e. The summed E-state index contributed by atoms with van der Waals surface area (Å²) < 4.78 is 29.0. The van der Waals surface area contributed by atoms with E-state index in [-0.39, 0.29) is 11.8 Å². The molecule has 0 bridgehead atoms. The maximum absolute atomic E-state index is 12.1. The Morgan fingerprint density at radius 1 is 1.08 bits per heavy atom. The molecule has 2 fully saturated rings. The average Bonchev–Trinajstić information content (AvgIpc) is 2.96. The van der Waals surface area contributed by atoms with Gasteiger partial charge in [0, 0.05) is 25.4 Å². The van der Waals surface area contributed by atoms with Crippen molar-refractivity contribution in [1.29, 1.82) is 0 Å². The lowest BCUT2D eigenvalue weighted by Gasteiger charge is -2.33. The van der Waals surface area contributed by atoms with Gasteiger partial charge in [-0.15, -0.1) is 0 Å². The first-order chi connectivity index (χ1) is 11.6. The number of nitrogens with zero attached hydrogens (tertiary/aromatic N) is 2. The summed E-state index contributed by atoms with van der Waals surface area (Å²) in [6, 6.07) is 0. The lowest BCUT2D eigenvalue weighted by atomic mass is 9.97. The number of ether oxygens (including phenoxy) is 1. The normalized spacial score (nSPS) is 23.8. The maximum Gasteiger partial charge on any atom is 0.410 e. The van der Waals surface area contributed by atoms with Gasteiger partial charge in [0.05, 0.1) is 5.75 Å². The Kier molecular flexibility index (Phi) is 6.76. The maximum atomic E-state index is 12.1. The second kappa shape index (κ2) is 8.25. The third-order valence-electron chi connectivity index (χ3n) is 5.09. The van der Waals surface area contributed by atoms with Crippen molar-refractivity contribution in [3.05, 3.63) is 0 Å². The van der Waals surface area contributed by atoms with Gasteiger partial charge in [0.15, 0.2) is 0 Å². The fourth-order valence-electron chi connectivity index (χ4n) is 3.65. The molecule has 0 aromatic rings. The summed E-state index contributed by atoms with van der Waals surface area (Å²) in [6.45, 7) is 11.8. The predicted molar refractivity (Wildman–Crippen MR) is 99.4 cm³/mol. The number of sulfone groups is 1. The van der Waals surface area contributed by atoms with Gasteiger partial charge in [-0.2, -0.15) is 0 Å². The van der Waals surface area contributed by atoms with Gasteiger partial charge in [-0.25, -0.2) is 13.2 Å². The summed E-state index contributed by atoms with van der Waals surface area (Å²) in [4.78, 5) is 16.4. The van der Waals surface area contributed by atoms with Crippen molar-refractivity contribution in [2.45, 2.75) is 52.6 Å². The Morgan fingerprint density at radius 2 is 1.68 bits per heavy atom. The van der Waals surface area contributed by atoms with Crippen molar-refractivity contribution in [2.24, 2.45) is 11.8 Å². The second-order valence-corrected chi connectivity index (χ2v) is 10.9. The van der Waals surface area contributed by atoms with E-state index in [0.29, 0.717) is 17.6 Å². The van der Waals surface area contributed by atoms with Crippen LogP contribution in [0.1, 0.15) is 47.0 Å². The van der Waals surface area contributed by atoms with Gasteiger partial charge in [0.25, 0.3) is 0 Å². The Hall–Kier alpha value is -0.820. The zero-order valence-electron chi connectivity index (χ0n) is 16.2. The molecule has 146 valence electrons. The third-order valence-corrected chi connectivity index (χ3v) is 6.95. The monoisotopic (exact) mass is 374 g/mol. The Bertz CT molecular complexity index is 548. The van der Waals surface area contributed by atoms with Gasteiger partial charge in [-0.3, -0.25) is 0 Å². The molecule has 2 aliphatic rings. The van der Waals surface area contributed by atoms with Crippen molar-refractivity contribution in [3.63, 3.8) is 0 Å². The minimum atomic E-state index is -2.87. The van der Waals surface area contributed by atoms with E-state index in [4.69, 9.17) is 4.74 Å². The summed E-state index contributed by atoms with van der Waals surface area (Å²) in [5.74, 6) is 1.38. The van der Waals surface area contributed by atoms with Crippen LogP contribution in [0.25, 0.3) is 0 Å². The molecule has 0 N–H and O–H groups in total. The molecule has 0 aromatic heterocycles. The van der Waals surface area contributed by atoms with Crippen molar-refractivity contribution in [1.82, 2.24) is 9.80 Å². The van der Waals surface area contributed by atoms with E-state index in [2.05, 4.69) is 4.90 Å². The molecule has 0 saturated carbocycles. The molecule has 2 saturated heterocycles. The molecule has 2 aliphatic heterocycles. The zero-order valence-corrected chi connectivity index (χ0v) is 17.0. The molecule has 25 heavy (non-hydrogen) atoms. The topological polar surface area (TPSA) is 66.9 Å². The van der Waals surface area contributed by atoms with E-state index in [1.807, 2.05) is 25.7 Å².